The lowest BCUT2D eigenvalue weighted by atomic mass is 9.91. The number of benzene rings is 6. The second kappa shape index (κ2) is 8.22. The molecule has 0 aliphatic heterocycles. The van der Waals surface area contributed by atoms with Crippen LogP contribution in [0.5, 0.6) is 0 Å². The molecular weight excluding hydrogens is 597 g/mol. The van der Waals surface area contributed by atoms with Gasteiger partial charge in [0.15, 0.2) is 5.65 Å². The fourth-order valence-electron chi connectivity index (χ4n) is 5.88. The first-order chi connectivity index (χ1) is 19.1. The maximum atomic E-state index is 13.3. The molecule has 6 aromatic carbocycles. The van der Waals surface area contributed by atoms with Crippen LogP contribution in [0, 0.1) is 3.57 Å². The van der Waals surface area contributed by atoms with Crippen LogP contribution in [0.15, 0.2) is 113 Å². The van der Waals surface area contributed by atoms with Gasteiger partial charge in [0.05, 0.1) is 16.4 Å². The lowest BCUT2D eigenvalue weighted by Crippen LogP contribution is -2.29. The van der Waals surface area contributed by atoms with Gasteiger partial charge < -0.3 is 4.98 Å². The van der Waals surface area contributed by atoms with Crippen LogP contribution in [0.3, 0.4) is 0 Å². The van der Waals surface area contributed by atoms with E-state index in [4.69, 9.17) is 4.98 Å². The second-order valence-electron chi connectivity index (χ2n) is 9.75. The highest BCUT2D eigenvalue weighted by Gasteiger charge is 2.16. The van der Waals surface area contributed by atoms with Crippen molar-refractivity contribution in [2.75, 3.05) is 0 Å². The first-order valence-corrected chi connectivity index (χ1v) is 13.7. The van der Waals surface area contributed by atoms with Crippen LogP contribution >= 0.6 is 22.6 Å². The van der Waals surface area contributed by atoms with Gasteiger partial charge in [-0.25, -0.2) is 14.2 Å². The molecule has 0 bridgehead atoms. The number of rotatable bonds is 1. The van der Waals surface area contributed by atoms with E-state index < -0.39 is 5.69 Å². The van der Waals surface area contributed by atoms with Gasteiger partial charge in [0.25, 0.3) is 5.56 Å². The summed E-state index contributed by atoms with van der Waals surface area (Å²) in [6.45, 7) is 0. The highest BCUT2D eigenvalue weighted by Crippen LogP contribution is 2.38. The quantitative estimate of drug-likeness (QED) is 0.119. The molecule has 2 heterocycles. The molecule has 0 saturated carbocycles. The summed E-state index contributed by atoms with van der Waals surface area (Å²) in [5.41, 5.74) is 2.56. The first kappa shape index (κ1) is 22.4. The molecule has 5 nitrogen and oxygen atoms in total. The van der Waals surface area contributed by atoms with Crippen LogP contribution in [0.2, 0.25) is 0 Å². The smallest absolute Gasteiger partial charge is 0.306 e. The van der Waals surface area contributed by atoms with Crippen LogP contribution in [0.1, 0.15) is 0 Å². The van der Waals surface area contributed by atoms with Crippen molar-refractivity contribution < 1.29 is 0 Å². The molecule has 184 valence electrons. The van der Waals surface area contributed by atoms with E-state index in [0.717, 1.165) is 20.9 Å². The number of hydrogen-bond donors (Lipinski definition) is 1. The Hall–Kier alpha value is -4.56. The van der Waals surface area contributed by atoms with Crippen LogP contribution in [-0.4, -0.2) is 14.4 Å². The molecule has 0 aliphatic rings. The molecule has 0 fully saturated rings. The van der Waals surface area contributed by atoms with Crippen molar-refractivity contribution in [2.24, 2.45) is 0 Å². The Bertz CT molecular complexity index is 2440. The van der Waals surface area contributed by atoms with Crippen LogP contribution in [0.4, 0.5) is 0 Å². The van der Waals surface area contributed by atoms with Gasteiger partial charge in [0, 0.05) is 14.5 Å². The molecule has 6 heteroatoms. The van der Waals surface area contributed by atoms with E-state index in [0.29, 0.717) is 27.5 Å². The number of H-pyrrole nitrogens is 1. The van der Waals surface area contributed by atoms with Crippen molar-refractivity contribution in [1.82, 2.24) is 14.4 Å². The van der Waals surface area contributed by atoms with Crippen molar-refractivity contribution in [3.8, 4) is 11.1 Å². The lowest BCUT2D eigenvalue weighted by molar-refractivity contribution is 0.971. The van der Waals surface area contributed by atoms with Gasteiger partial charge in [0.2, 0.25) is 0 Å². The number of para-hydroxylation sites is 2. The molecule has 0 amide bonds. The summed E-state index contributed by atoms with van der Waals surface area (Å²) in [5, 5.41) is 8.31. The number of fused-ring (bicyclic) bond motifs is 10. The Morgan fingerprint density at radius 1 is 0.615 bits per heavy atom. The zero-order valence-electron chi connectivity index (χ0n) is 20.4. The summed E-state index contributed by atoms with van der Waals surface area (Å²) in [6, 6.07) is 34.5. The van der Waals surface area contributed by atoms with Crippen molar-refractivity contribution in [1.29, 1.82) is 0 Å². The topological polar surface area (TPSA) is 67.2 Å². The van der Waals surface area contributed by atoms with Crippen LogP contribution < -0.4 is 11.2 Å². The minimum atomic E-state index is -0.500. The zero-order valence-corrected chi connectivity index (χ0v) is 22.6. The van der Waals surface area contributed by atoms with E-state index >= 15 is 0 Å². The highest BCUT2D eigenvalue weighted by atomic mass is 127. The molecule has 39 heavy (non-hydrogen) atoms. The lowest BCUT2D eigenvalue weighted by Gasteiger charge is -2.14. The summed E-state index contributed by atoms with van der Waals surface area (Å²) in [5.74, 6) is 0. The molecule has 0 aliphatic carbocycles. The number of halogens is 1. The average molecular weight is 615 g/mol. The van der Waals surface area contributed by atoms with Crippen molar-refractivity contribution in [3.05, 3.63) is 128 Å². The number of aromatic amines is 1. The van der Waals surface area contributed by atoms with Gasteiger partial charge in [-0.3, -0.25) is 4.79 Å². The van der Waals surface area contributed by atoms with E-state index in [9.17, 15) is 9.59 Å². The predicted octanol–water partition coefficient (Wildman–Crippen LogP) is 7.42. The Morgan fingerprint density at radius 2 is 1.26 bits per heavy atom. The Balaban J connectivity index is 1.47. The van der Waals surface area contributed by atoms with Crippen LogP contribution in [0.25, 0.3) is 70.9 Å². The molecule has 8 aromatic rings. The molecule has 0 atom stereocenters. The van der Waals surface area contributed by atoms with Gasteiger partial charge in [-0.1, -0.05) is 66.7 Å². The average Bonchev–Trinajstić information content (AvgIpc) is 2.97. The maximum Gasteiger partial charge on any atom is 0.334 e. The second-order valence-corrected chi connectivity index (χ2v) is 11.0. The van der Waals surface area contributed by atoms with E-state index in [2.05, 4.69) is 88.2 Å². The number of nitrogens with one attached hydrogen (secondary N) is 1. The zero-order chi connectivity index (χ0) is 26.2. The van der Waals surface area contributed by atoms with Crippen LogP contribution in [-0.2, 0) is 0 Å². The van der Waals surface area contributed by atoms with E-state index in [1.165, 1.54) is 30.5 Å². The monoisotopic (exact) mass is 615 g/mol. The third kappa shape index (κ3) is 3.21. The minimum Gasteiger partial charge on any atom is -0.306 e. The Labute approximate surface area is 234 Å². The molecule has 0 spiro atoms. The van der Waals surface area contributed by atoms with Crippen molar-refractivity contribution in [2.45, 2.75) is 0 Å². The maximum absolute atomic E-state index is 13.3. The molecule has 2 aromatic heterocycles. The molecule has 0 unspecified atom stereocenters. The van der Waals surface area contributed by atoms with Gasteiger partial charge >= 0.3 is 5.69 Å². The summed E-state index contributed by atoms with van der Waals surface area (Å²) in [6.07, 6.45) is 0. The van der Waals surface area contributed by atoms with E-state index in [-0.39, 0.29) is 5.56 Å². The first-order valence-electron chi connectivity index (χ1n) is 12.6. The molecule has 1 N–H and O–H groups in total. The van der Waals surface area contributed by atoms with Gasteiger partial charge in [-0.05, 0) is 96.9 Å². The summed E-state index contributed by atoms with van der Waals surface area (Å²) < 4.78 is 2.34. The highest BCUT2D eigenvalue weighted by molar-refractivity contribution is 14.1. The van der Waals surface area contributed by atoms with Crippen molar-refractivity contribution in [3.63, 3.8) is 0 Å². The third-order valence-electron chi connectivity index (χ3n) is 7.63. The number of hydrogen-bond acceptors (Lipinski definition) is 3. The number of aromatic nitrogens is 3. The normalized spacial score (nSPS) is 11.9. The third-order valence-corrected chi connectivity index (χ3v) is 8.30. The van der Waals surface area contributed by atoms with Gasteiger partial charge in [-0.2, -0.15) is 0 Å². The SMILES string of the molecule is O=c1[nH]c2c(-c3ccc4c5ccc(I)cc5c5ccccc5c4c3)cccc2c2nc3ccccc3c(=O)n12. The van der Waals surface area contributed by atoms with Crippen molar-refractivity contribution >= 4 is 82.4 Å². The van der Waals surface area contributed by atoms with Gasteiger partial charge in [0.1, 0.15) is 0 Å². The summed E-state index contributed by atoms with van der Waals surface area (Å²) >= 11 is 2.36. The predicted molar refractivity (Wildman–Crippen MR) is 168 cm³/mol. The largest absolute Gasteiger partial charge is 0.334 e. The summed E-state index contributed by atoms with van der Waals surface area (Å²) in [7, 11) is 0. The Kier molecular flexibility index (Phi) is 4.73. The molecule has 8 rings (SSSR count). The molecule has 0 radical (unpaired) electrons. The molecular formula is C33H18IN3O2. The standard InChI is InChI=1S/C33H18IN3O2/c34-19-13-15-24-23-14-12-18(16-27(23)21-6-1-2-7-22(21)28(24)17-19)20-9-5-10-26-30(20)36-33(39)37-31(26)35-29-11-4-3-8-25(29)32(37)38/h1-17H,(H,36,39). The van der Waals surface area contributed by atoms with E-state index in [1.54, 1.807) is 18.2 Å². The minimum absolute atomic E-state index is 0.353. The molecule has 0 saturated heterocycles. The van der Waals surface area contributed by atoms with Gasteiger partial charge in [-0.15, -0.1) is 0 Å². The van der Waals surface area contributed by atoms with E-state index in [1.807, 2.05) is 24.3 Å². The number of nitrogens with zero attached hydrogens (tertiary/aromatic N) is 2. The summed E-state index contributed by atoms with van der Waals surface area (Å²) in [4.78, 5) is 34.2. The fourth-order valence-corrected chi connectivity index (χ4v) is 6.37. The fraction of sp³-hybridized carbons (Fsp3) is 0. The Morgan fingerprint density at radius 3 is 2.05 bits per heavy atom.